The Morgan fingerprint density at radius 3 is 2.62 bits per heavy atom. The van der Waals surface area contributed by atoms with Crippen LogP contribution in [0.5, 0.6) is 0 Å². The molecule has 0 aromatic carbocycles. The molecule has 21 heavy (non-hydrogen) atoms. The first-order valence-corrected chi connectivity index (χ1v) is 7.74. The zero-order valence-electron chi connectivity index (χ0n) is 12.8. The smallest absolute Gasteiger partial charge is 0.138 e. The highest BCUT2D eigenvalue weighted by atomic mass is 16.5. The number of nitrogens with two attached hydrogens (primary N) is 1. The number of rotatable bonds is 4. The van der Waals surface area contributed by atoms with Crippen LogP contribution in [-0.2, 0) is 13.1 Å². The molecule has 0 saturated heterocycles. The van der Waals surface area contributed by atoms with Crippen molar-refractivity contribution >= 4 is 0 Å². The number of nitrogens with zero attached hydrogens (tertiary/aromatic N) is 4. The van der Waals surface area contributed by atoms with Crippen LogP contribution in [0.15, 0.2) is 4.52 Å². The Morgan fingerprint density at radius 2 is 2.00 bits per heavy atom. The molecule has 1 saturated carbocycles. The van der Waals surface area contributed by atoms with E-state index in [0.717, 1.165) is 22.7 Å². The molecular formula is C15H23N5O. The summed E-state index contributed by atoms with van der Waals surface area (Å²) in [6, 6.07) is 0. The van der Waals surface area contributed by atoms with Crippen LogP contribution in [0.4, 0.5) is 0 Å². The van der Waals surface area contributed by atoms with Gasteiger partial charge >= 0.3 is 0 Å². The van der Waals surface area contributed by atoms with Crippen molar-refractivity contribution in [3.63, 3.8) is 0 Å². The second-order valence-corrected chi connectivity index (χ2v) is 5.92. The molecule has 3 rings (SSSR count). The molecule has 0 unspecified atom stereocenters. The average molecular weight is 289 g/mol. The monoisotopic (exact) mass is 289 g/mol. The third-order valence-corrected chi connectivity index (χ3v) is 4.52. The van der Waals surface area contributed by atoms with E-state index in [9.17, 15) is 0 Å². The van der Waals surface area contributed by atoms with Crippen LogP contribution in [0.2, 0.25) is 0 Å². The third kappa shape index (κ3) is 2.72. The molecule has 0 amide bonds. The summed E-state index contributed by atoms with van der Waals surface area (Å²) in [5.74, 6) is 1.39. The van der Waals surface area contributed by atoms with Gasteiger partial charge in [0.2, 0.25) is 0 Å². The zero-order chi connectivity index (χ0) is 14.8. The van der Waals surface area contributed by atoms with Crippen molar-refractivity contribution in [1.29, 1.82) is 0 Å². The van der Waals surface area contributed by atoms with Crippen LogP contribution in [-0.4, -0.2) is 20.2 Å². The van der Waals surface area contributed by atoms with Crippen molar-refractivity contribution in [2.75, 3.05) is 0 Å². The second-order valence-electron chi connectivity index (χ2n) is 5.92. The van der Waals surface area contributed by atoms with E-state index >= 15 is 0 Å². The molecule has 1 aliphatic carbocycles. The van der Waals surface area contributed by atoms with E-state index in [1.165, 1.54) is 37.8 Å². The third-order valence-electron chi connectivity index (χ3n) is 4.52. The molecule has 6 nitrogen and oxygen atoms in total. The van der Waals surface area contributed by atoms with E-state index in [-0.39, 0.29) is 0 Å². The molecule has 6 heteroatoms. The molecule has 2 heterocycles. The number of hydrogen-bond donors (Lipinski definition) is 1. The molecule has 0 spiro atoms. The highest BCUT2D eigenvalue weighted by molar-refractivity contribution is 5.23. The molecule has 1 aliphatic rings. The Balaban J connectivity index is 1.93. The summed E-state index contributed by atoms with van der Waals surface area (Å²) < 4.78 is 7.25. The van der Waals surface area contributed by atoms with Crippen molar-refractivity contribution < 1.29 is 4.52 Å². The maximum Gasteiger partial charge on any atom is 0.138 e. The van der Waals surface area contributed by atoms with E-state index in [1.807, 2.05) is 18.5 Å². The molecule has 0 aliphatic heterocycles. The number of hydrogen-bond acceptors (Lipinski definition) is 5. The minimum Gasteiger partial charge on any atom is -0.361 e. The van der Waals surface area contributed by atoms with Gasteiger partial charge in [0, 0.05) is 18.0 Å². The Hall–Kier alpha value is -1.69. The maximum atomic E-state index is 5.86. The summed E-state index contributed by atoms with van der Waals surface area (Å²) >= 11 is 0. The standard InChI is InChI=1S/C15H23N5O/c1-10-13(11(2)21-18-10)9-20-15(14(8-16)17-19-20)12-6-4-3-5-7-12/h12H,3-9,16H2,1-2H3. The predicted molar refractivity (Wildman–Crippen MR) is 78.8 cm³/mol. The summed E-state index contributed by atoms with van der Waals surface area (Å²) in [5, 5.41) is 12.6. The van der Waals surface area contributed by atoms with Gasteiger partial charge in [-0.1, -0.05) is 29.6 Å². The maximum absolute atomic E-state index is 5.86. The Kier molecular flexibility index (Phi) is 4.05. The normalized spacial score (nSPS) is 16.5. The Morgan fingerprint density at radius 1 is 1.24 bits per heavy atom. The highest BCUT2D eigenvalue weighted by Gasteiger charge is 2.24. The fourth-order valence-electron chi connectivity index (χ4n) is 3.32. The lowest BCUT2D eigenvalue weighted by Crippen LogP contribution is -2.16. The van der Waals surface area contributed by atoms with Crippen molar-refractivity contribution in [2.45, 2.75) is 65.0 Å². The molecule has 114 valence electrons. The topological polar surface area (TPSA) is 82.8 Å². The predicted octanol–water partition coefficient (Wildman–Crippen LogP) is 2.44. The van der Waals surface area contributed by atoms with E-state index in [2.05, 4.69) is 15.5 Å². The summed E-state index contributed by atoms with van der Waals surface area (Å²) in [6.07, 6.45) is 6.32. The van der Waals surface area contributed by atoms with Crippen LogP contribution in [0, 0.1) is 13.8 Å². The molecular weight excluding hydrogens is 266 g/mol. The molecule has 2 aromatic heterocycles. The van der Waals surface area contributed by atoms with Gasteiger partial charge < -0.3 is 10.3 Å². The van der Waals surface area contributed by atoms with Crippen molar-refractivity contribution in [1.82, 2.24) is 20.2 Å². The van der Waals surface area contributed by atoms with Crippen LogP contribution >= 0.6 is 0 Å². The van der Waals surface area contributed by atoms with Gasteiger partial charge in [0.15, 0.2) is 0 Å². The summed E-state index contributed by atoms with van der Waals surface area (Å²) in [5.41, 5.74) is 10.0. The summed E-state index contributed by atoms with van der Waals surface area (Å²) in [6.45, 7) is 5.02. The quantitative estimate of drug-likeness (QED) is 0.934. The van der Waals surface area contributed by atoms with Crippen LogP contribution in [0.3, 0.4) is 0 Å². The fraction of sp³-hybridized carbons (Fsp3) is 0.667. The summed E-state index contributed by atoms with van der Waals surface area (Å²) in [7, 11) is 0. The number of aromatic nitrogens is 4. The van der Waals surface area contributed by atoms with Crippen molar-refractivity contribution in [3.05, 3.63) is 28.4 Å². The average Bonchev–Trinajstić information content (AvgIpc) is 3.06. The molecule has 0 atom stereocenters. The van der Waals surface area contributed by atoms with Gasteiger partial charge in [0.05, 0.1) is 23.6 Å². The zero-order valence-corrected chi connectivity index (χ0v) is 12.8. The van der Waals surface area contributed by atoms with Crippen LogP contribution in [0.1, 0.15) is 66.4 Å². The van der Waals surface area contributed by atoms with Gasteiger partial charge in [-0.15, -0.1) is 5.10 Å². The van der Waals surface area contributed by atoms with Gasteiger partial charge in [-0.2, -0.15) is 0 Å². The lowest BCUT2D eigenvalue weighted by atomic mass is 9.86. The van der Waals surface area contributed by atoms with E-state index < -0.39 is 0 Å². The van der Waals surface area contributed by atoms with E-state index in [4.69, 9.17) is 10.3 Å². The van der Waals surface area contributed by atoms with Gasteiger partial charge in [-0.25, -0.2) is 4.68 Å². The minimum atomic E-state index is 0.452. The van der Waals surface area contributed by atoms with Gasteiger partial charge in [0.25, 0.3) is 0 Å². The Labute approximate surface area is 124 Å². The van der Waals surface area contributed by atoms with Crippen LogP contribution < -0.4 is 5.73 Å². The first-order chi connectivity index (χ1) is 10.2. The van der Waals surface area contributed by atoms with Crippen LogP contribution in [0.25, 0.3) is 0 Å². The highest BCUT2D eigenvalue weighted by Crippen LogP contribution is 2.34. The largest absolute Gasteiger partial charge is 0.361 e. The SMILES string of the molecule is Cc1noc(C)c1Cn1nnc(CN)c1C1CCCCC1. The van der Waals surface area contributed by atoms with Gasteiger partial charge in [-0.3, -0.25) is 0 Å². The Bertz CT molecular complexity index is 590. The lowest BCUT2D eigenvalue weighted by molar-refractivity contribution is 0.390. The first kappa shape index (κ1) is 14.3. The first-order valence-electron chi connectivity index (χ1n) is 7.74. The minimum absolute atomic E-state index is 0.452. The molecule has 0 bridgehead atoms. The van der Waals surface area contributed by atoms with Crippen molar-refractivity contribution in [2.24, 2.45) is 5.73 Å². The number of aryl methyl sites for hydroxylation is 2. The van der Waals surface area contributed by atoms with Gasteiger partial charge in [-0.05, 0) is 26.7 Å². The lowest BCUT2D eigenvalue weighted by Gasteiger charge is -2.23. The molecule has 2 N–H and O–H groups in total. The van der Waals surface area contributed by atoms with E-state index in [0.29, 0.717) is 19.0 Å². The summed E-state index contributed by atoms with van der Waals surface area (Å²) in [4.78, 5) is 0. The fourth-order valence-corrected chi connectivity index (χ4v) is 3.32. The molecule has 0 radical (unpaired) electrons. The molecule has 1 fully saturated rings. The second kappa shape index (κ2) is 5.97. The van der Waals surface area contributed by atoms with E-state index in [1.54, 1.807) is 0 Å². The van der Waals surface area contributed by atoms with Gasteiger partial charge in [0.1, 0.15) is 5.76 Å². The molecule has 2 aromatic rings. The van der Waals surface area contributed by atoms with Crippen molar-refractivity contribution in [3.8, 4) is 0 Å².